The van der Waals surface area contributed by atoms with Gasteiger partial charge in [0.1, 0.15) is 42.8 Å². The Morgan fingerprint density at radius 1 is 0.647 bits per heavy atom. The van der Waals surface area contributed by atoms with E-state index in [1.165, 1.54) is 12.5 Å². The Hall–Kier alpha value is -0.996. The van der Waals surface area contributed by atoms with Gasteiger partial charge in [-0.1, -0.05) is 76.2 Å². The van der Waals surface area contributed by atoms with Gasteiger partial charge in [-0.2, -0.15) is 0 Å². The predicted octanol–water partition coefficient (Wildman–Crippen LogP) is -1.09. The van der Waals surface area contributed by atoms with Crippen LogP contribution in [0.1, 0.15) is 58.3 Å². The van der Waals surface area contributed by atoms with Crippen molar-refractivity contribution in [3.63, 3.8) is 0 Å². The first-order chi connectivity index (χ1) is 23.3. The number of esters is 1. The second-order valence-corrected chi connectivity index (χ2v) is 11.3. The molecular formula is C38H48Cs2O11. The van der Waals surface area contributed by atoms with E-state index in [1.54, 1.807) is 24.3 Å². The number of phenolic OH excluding ortho intramolecular Hbond substituents is 2. The molecule has 0 atom stereocenters. The molecule has 4 rings (SSSR count). The van der Waals surface area contributed by atoms with Crippen LogP contribution in [0.15, 0.2) is 97.1 Å². The van der Waals surface area contributed by atoms with Crippen molar-refractivity contribution < 1.29 is 194 Å². The molecule has 0 aromatic heterocycles. The first kappa shape index (κ1) is 52.1. The summed E-state index contributed by atoms with van der Waals surface area (Å²) < 4.78 is 15.7. The van der Waals surface area contributed by atoms with E-state index in [4.69, 9.17) is 34.5 Å². The van der Waals surface area contributed by atoms with E-state index in [-0.39, 0.29) is 187 Å². The van der Waals surface area contributed by atoms with Crippen molar-refractivity contribution in [3.05, 3.63) is 119 Å². The van der Waals surface area contributed by atoms with Gasteiger partial charge in [0.25, 0.3) is 6.47 Å². The third-order valence-corrected chi connectivity index (χ3v) is 7.39. The van der Waals surface area contributed by atoms with Crippen LogP contribution in [-0.2, 0) is 30.0 Å². The second-order valence-electron chi connectivity index (χ2n) is 11.3. The fourth-order valence-electron chi connectivity index (χ4n) is 4.53. The maximum absolute atomic E-state index is 10.7. The fraction of sp³-hybridized carbons (Fsp3) is 0.316. The molecule has 0 aliphatic heterocycles. The Kier molecular flexibility index (Phi) is 29.1. The minimum absolute atomic E-state index is 0. The van der Waals surface area contributed by atoms with E-state index in [0.717, 1.165) is 35.3 Å². The molecule has 0 aliphatic rings. The summed E-state index contributed by atoms with van der Waals surface area (Å²) in [5, 5.41) is 43.0. The number of benzene rings is 4. The van der Waals surface area contributed by atoms with Gasteiger partial charge in [-0.3, -0.25) is 9.59 Å². The largest absolute Gasteiger partial charge is 1.00 e. The van der Waals surface area contributed by atoms with E-state index in [1.807, 2.05) is 72.8 Å². The molecule has 0 bridgehead atoms. The van der Waals surface area contributed by atoms with Crippen LogP contribution in [0, 0.1) is 0 Å². The molecule has 0 aliphatic carbocycles. The number of hydrogen-bond donors (Lipinski definition) is 4. The molecule has 0 heterocycles. The van der Waals surface area contributed by atoms with Gasteiger partial charge in [-0.15, -0.1) is 0 Å². The molecule has 0 fully saturated rings. The molecule has 0 radical (unpaired) electrons. The maximum atomic E-state index is 10.7. The normalized spacial score (nSPS) is 9.98. The minimum atomic E-state index is -0.306. The molecule has 13 heteroatoms. The van der Waals surface area contributed by atoms with Crippen molar-refractivity contribution in [1.29, 1.82) is 0 Å². The van der Waals surface area contributed by atoms with Gasteiger partial charge in [-0.05, 0) is 70.8 Å². The van der Waals surface area contributed by atoms with Crippen molar-refractivity contribution >= 4 is 12.4 Å². The number of aromatic hydroxyl groups is 2. The van der Waals surface area contributed by atoms with Crippen molar-refractivity contribution in [2.75, 3.05) is 33.5 Å². The van der Waals surface area contributed by atoms with Crippen molar-refractivity contribution in [1.82, 2.24) is 0 Å². The summed E-state index contributed by atoms with van der Waals surface area (Å²) in [6.45, 7) is 10.6. The first-order valence-electron chi connectivity index (χ1n) is 15.3. The molecule has 4 aromatic carbocycles. The summed E-state index contributed by atoms with van der Waals surface area (Å²) >= 11 is 0. The average Bonchev–Trinajstić information content (AvgIpc) is 3.11. The number of carbonyl (C=O) groups excluding carboxylic acids is 2. The number of hydrogen-bond acceptors (Lipinski definition) is 11. The van der Waals surface area contributed by atoms with Crippen LogP contribution < -0.4 is 153 Å². The summed E-state index contributed by atoms with van der Waals surface area (Å²) in [6, 6.07) is 30.3. The van der Waals surface area contributed by atoms with Gasteiger partial charge in [0.05, 0.1) is 6.61 Å². The molecule has 4 aromatic rings. The maximum Gasteiger partial charge on any atom is 1.00 e. The van der Waals surface area contributed by atoms with Crippen molar-refractivity contribution in [2.45, 2.75) is 45.4 Å². The summed E-state index contributed by atoms with van der Waals surface area (Å²) in [6.07, 6.45) is 0. The Balaban J connectivity index is -0.000000768. The summed E-state index contributed by atoms with van der Waals surface area (Å²) in [4.78, 5) is 21.9. The molecule has 0 amide bonds. The van der Waals surface area contributed by atoms with E-state index < -0.39 is 0 Å². The van der Waals surface area contributed by atoms with E-state index in [2.05, 4.69) is 32.6 Å². The Morgan fingerprint density at radius 3 is 1.22 bits per heavy atom. The molecule has 11 nitrogen and oxygen atoms in total. The van der Waals surface area contributed by atoms with Crippen LogP contribution in [0.3, 0.4) is 0 Å². The standard InChI is InChI=1S/C19H22O4.C17H20O3.CH2O3.CH4O.2Cs.H/c1-14(20)22-12-13-23-18-10-6-16(7-11-18)19(2,3)15-4-8-17(21)9-5-15;1-17(2,13-3-7-15(19)8-4-13)14-5-9-16(10-6-14)20-12-11-18;2-1-4-3;1-2;;;/h4-11,21H,12-13H2,1-3H3;3-10,18-19H,11-12H2,1-2H3;1,3H;2H,1H3;;;/q;;;;2*+1;-1/p-1. The fourth-order valence-corrected chi connectivity index (χ4v) is 4.53. The molecule has 0 saturated heterocycles. The quantitative estimate of drug-likeness (QED) is 0.0447. The molecule has 268 valence electrons. The smallest absolute Gasteiger partial charge is 1.00 e. The Morgan fingerprint density at radius 2 is 0.941 bits per heavy atom. The van der Waals surface area contributed by atoms with Crippen LogP contribution in [-0.4, -0.2) is 66.4 Å². The van der Waals surface area contributed by atoms with Crippen molar-refractivity contribution in [2.24, 2.45) is 0 Å². The van der Waals surface area contributed by atoms with E-state index in [9.17, 15) is 15.0 Å². The third kappa shape index (κ3) is 19.2. The molecule has 0 unspecified atom stereocenters. The molecule has 51 heavy (non-hydrogen) atoms. The van der Waals surface area contributed by atoms with Crippen molar-refractivity contribution in [3.8, 4) is 23.0 Å². The van der Waals surface area contributed by atoms with Gasteiger partial charge < -0.3 is 46.2 Å². The predicted molar refractivity (Wildman–Crippen MR) is 184 cm³/mol. The second kappa shape index (κ2) is 28.4. The van der Waals surface area contributed by atoms with Crippen LogP contribution in [0.25, 0.3) is 0 Å². The summed E-state index contributed by atoms with van der Waals surface area (Å²) in [7, 11) is 1.00. The number of carbonyl (C=O) groups is 2. The molecule has 0 spiro atoms. The third-order valence-electron chi connectivity index (χ3n) is 7.39. The van der Waals surface area contributed by atoms with Gasteiger partial charge >= 0.3 is 144 Å². The number of aliphatic hydroxyl groups is 2. The first-order valence-corrected chi connectivity index (χ1v) is 15.3. The zero-order valence-electron chi connectivity index (χ0n) is 31.8. The Labute approximate surface area is 420 Å². The number of phenols is 2. The summed E-state index contributed by atoms with van der Waals surface area (Å²) in [5.41, 5.74) is 4.25. The topological polar surface area (TPSA) is 175 Å². The average molecular weight is 947 g/mol. The van der Waals surface area contributed by atoms with Gasteiger partial charge in [0.15, 0.2) is 0 Å². The van der Waals surface area contributed by atoms with Gasteiger partial charge in [0.2, 0.25) is 0 Å². The molecular weight excluding hydrogens is 898 g/mol. The number of ether oxygens (including phenoxy) is 3. The number of aliphatic hydroxyl groups excluding tert-OH is 2. The zero-order valence-corrected chi connectivity index (χ0v) is 43.4. The van der Waals surface area contributed by atoms with Gasteiger partial charge in [-0.25, -0.2) is 0 Å². The zero-order chi connectivity index (χ0) is 36.9. The monoisotopic (exact) mass is 946 g/mol. The van der Waals surface area contributed by atoms with Crippen LogP contribution in [0.4, 0.5) is 0 Å². The Bertz CT molecular complexity index is 1500. The SMILES string of the molecule is CC(=O)OCCOc1ccc(C(C)(C)c2ccc(O)cc2)cc1.CC(C)(c1ccc(O)cc1)c1ccc(OCCO)cc1.CO.O=CO[O-].[Cs+].[Cs+].[H-]. The van der Waals surface area contributed by atoms with Crippen LogP contribution >= 0.6 is 0 Å². The molecule has 0 saturated carbocycles. The van der Waals surface area contributed by atoms with Crippen LogP contribution in [0.2, 0.25) is 0 Å². The van der Waals surface area contributed by atoms with Gasteiger partial charge in [0, 0.05) is 24.9 Å². The minimum Gasteiger partial charge on any atom is -1.00 e. The number of rotatable bonds is 12. The molecule has 4 N–H and O–H groups in total. The van der Waals surface area contributed by atoms with E-state index >= 15 is 0 Å². The van der Waals surface area contributed by atoms with E-state index in [0.29, 0.717) is 13.2 Å². The van der Waals surface area contributed by atoms with Crippen LogP contribution in [0.5, 0.6) is 23.0 Å². The summed E-state index contributed by atoms with van der Waals surface area (Å²) in [5.74, 6) is 1.73.